The molecule has 2 fully saturated rings. The standard InChI is InChI=1S/C19H25N3O4/c1-4-26-17-8-6-5-7-16(17)19(25)21-11-15-9-14(20-13(3)23)10-22(15)18(24)12(21)2/h5-8,12,14-15H,4,9-11H2,1-3H3,(H,20,23)/t12-,14-,15-/m0/s1. The van der Waals surface area contributed by atoms with E-state index < -0.39 is 6.04 Å². The number of carbonyl (C=O) groups excluding carboxylic acids is 3. The number of rotatable bonds is 4. The summed E-state index contributed by atoms with van der Waals surface area (Å²) >= 11 is 0. The molecular formula is C19H25N3O4. The highest BCUT2D eigenvalue weighted by atomic mass is 16.5. The van der Waals surface area contributed by atoms with Crippen molar-refractivity contribution in [2.24, 2.45) is 0 Å². The Bertz CT molecular complexity index is 720. The zero-order valence-corrected chi connectivity index (χ0v) is 15.4. The molecule has 0 aliphatic carbocycles. The lowest BCUT2D eigenvalue weighted by atomic mass is 10.0. The van der Waals surface area contributed by atoms with E-state index in [0.29, 0.717) is 37.4 Å². The van der Waals surface area contributed by atoms with E-state index in [-0.39, 0.29) is 29.8 Å². The molecule has 7 heteroatoms. The van der Waals surface area contributed by atoms with Crippen molar-refractivity contribution in [3.05, 3.63) is 29.8 Å². The third-order valence-corrected chi connectivity index (χ3v) is 5.02. The quantitative estimate of drug-likeness (QED) is 0.871. The molecule has 3 atom stereocenters. The van der Waals surface area contributed by atoms with Crippen LogP contribution in [-0.4, -0.2) is 65.3 Å². The fourth-order valence-electron chi connectivity index (χ4n) is 3.85. The van der Waals surface area contributed by atoms with Gasteiger partial charge in [0.15, 0.2) is 0 Å². The number of amides is 3. The first-order chi connectivity index (χ1) is 12.4. The van der Waals surface area contributed by atoms with Crippen molar-refractivity contribution < 1.29 is 19.1 Å². The first-order valence-corrected chi connectivity index (χ1v) is 9.02. The van der Waals surface area contributed by atoms with E-state index in [4.69, 9.17) is 4.74 Å². The molecular weight excluding hydrogens is 334 g/mol. The Kier molecular flexibility index (Phi) is 5.15. The number of piperazine rings is 1. The summed E-state index contributed by atoms with van der Waals surface area (Å²) in [6.07, 6.45) is 0.662. The largest absolute Gasteiger partial charge is 0.493 e. The van der Waals surface area contributed by atoms with Gasteiger partial charge in [-0.15, -0.1) is 0 Å². The zero-order valence-electron chi connectivity index (χ0n) is 15.4. The molecule has 0 saturated carbocycles. The van der Waals surface area contributed by atoms with Gasteiger partial charge in [-0.3, -0.25) is 14.4 Å². The molecule has 0 spiro atoms. The molecule has 1 aromatic carbocycles. The molecule has 2 saturated heterocycles. The average Bonchev–Trinajstić information content (AvgIpc) is 3.00. The monoisotopic (exact) mass is 359 g/mol. The summed E-state index contributed by atoms with van der Waals surface area (Å²) in [6.45, 7) is 6.53. The number of nitrogens with one attached hydrogen (secondary N) is 1. The van der Waals surface area contributed by atoms with Crippen molar-refractivity contribution >= 4 is 17.7 Å². The number of benzene rings is 1. The van der Waals surface area contributed by atoms with Crippen LogP contribution < -0.4 is 10.1 Å². The SMILES string of the molecule is CCOc1ccccc1C(=O)N1C[C@@H]2C[C@H](NC(C)=O)CN2C(=O)[C@@H]1C. The summed E-state index contributed by atoms with van der Waals surface area (Å²) < 4.78 is 5.57. The van der Waals surface area contributed by atoms with Crippen LogP contribution in [-0.2, 0) is 9.59 Å². The van der Waals surface area contributed by atoms with Gasteiger partial charge in [-0.05, 0) is 32.4 Å². The third-order valence-electron chi connectivity index (χ3n) is 5.02. The van der Waals surface area contributed by atoms with Crippen LogP contribution in [0, 0.1) is 0 Å². The molecule has 2 aliphatic heterocycles. The van der Waals surface area contributed by atoms with Gasteiger partial charge in [0.05, 0.1) is 18.2 Å². The molecule has 7 nitrogen and oxygen atoms in total. The van der Waals surface area contributed by atoms with Crippen LogP contribution in [0.15, 0.2) is 24.3 Å². The molecule has 140 valence electrons. The molecule has 2 aliphatic rings. The molecule has 2 heterocycles. The Morgan fingerprint density at radius 2 is 2.00 bits per heavy atom. The second kappa shape index (κ2) is 7.35. The number of hydrogen-bond donors (Lipinski definition) is 1. The molecule has 0 unspecified atom stereocenters. The summed E-state index contributed by atoms with van der Waals surface area (Å²) in [5.74, 6) is 0.160. The summed E-state index contributed by atoms with van der Waals surface area (Å²) in [6, 6.07) is 6.44. The number of hydrogen-bond acceptors (Lipinski definition) is 4. The first-order valence-electron chi connectivity index (χ1n) is 9.02. The summed E-state index contributed by atoms with van der Waals surface area (Å²) in [4.78, 5) is 40.6. The Balaban J connectivity index is 1.80. The van der Waals surface area contributed by atoms with Crippen molar-refractivity contribution in [2.75, 3.05) is 19.7 Å². The van der Waals surface area contributed by atoms with Crippen LogP contribution in [0.25, 0.3) is 0 Å². The highest BCUT2D eigenvalue weighted by Gasteiger charge is 2.45. The lowest BCUT2D eigenvalue weighted by Gasteiger charge is -2.41. The van der Waals surface area contributed by atoms with Gasteiger partial charge in [0, 0.05) is 26.1 Å². The fraction of sp³-hybridized carbons (Fsp3) is 0.526. The van der Waals surface area contributed by atoms with Gasteiger partial charge in [0.25, 0.3) is 5.91 Å². The highest BCUT2D eigenvalue weighted by Crippen LogP contribution is 2.29. The molecule has 1 N–H and O–H groups in total. The van der Waals surface area contributed by atoms with Crippen molar-refractivity contribution in [1.82, 2.24) is 15.1 Å². The van der Waals surface area contributed by atoms with Gasteiger partial charge in [-0.25, -0.2) is 0 Å². The number of ether oxygens (including phenoxy) is 1. The summed E-state index contributed by atoms with van der Waals surface area (Å²) in [7, 11) is 0. The molecule has 3 rings (SSSR count). The van der Waals surface area contributed by atoms with E-state index in [1.165, 1.54) is 6.92 Å². The minimum Gasteiger partial charge on any atom is -0.493 e. The predicted octanol–water partition coefficient (Wildman–Crippen LogP) is 1.04. The van der Waals surface area contributed by atoms with Gasteiger partial charge in [0.1, 0.15) is 11.8 Å². The van der Waals surface area contributed by atoms with Crippen molar-refractivity contribution in [2.45, 2.75) is 45.3 Å². The first kappa shape index (κ1) is 18.2. The highest BCUT2D eigenvalue weighted by molar-refractivity contribution is 6.00. The summed E-state index contributed by atoms with van der Waals surface area (Å²) in [5.41, 5.74) is 0.471. The Morgan fingerprint density at radius 1 is 1.27 bits per heavy atom. The molecule has 26 heavy (non-hydrogen) atoms. The van der Waals surface area contributed by atoms with E-state index in [1.54, 1.807) is 34.9 Å². The van der Waals surface area contributed by atoms with Crippen LogP contribution in [0.4, 0.5) is 0 Å². The third kappa shape index (κ3) is 3.38. The number of nitrogens with zero attached hydrogens (tertiary/aromatic N) is 2. The molecule has 0 bridgehead atoms. The van der Waals surface area contributed by atoms with Gasteiger partial charge in [-0.1, -0.05) is 12.1 Å². The molecule has 3 amide bonds. The van der Waals surface area contributed by atoms with Crippen molar-refractivity contribution in [3.63, 3.8) is 0 Å². The van der Waals surface area contributed by atoms with E-state index in [9.17, 15) is 14.4 Å². The van der Waals surface area contributed by atoms with Gasteiger partial charge < -0.3 is 19.9 Å². The Morgan fingerprint density at radius 3 is 2.69 bits per heavy atom. The van der Waals surface area contributed by atoms with E-state index >= 15 is 0 Å². The Labute approximate surface area is 153 Å². The van der Waals surface area contributed by atoms with Crippen molar-refractivity contribution in [3.8, 4) is 5.75 Å². The minimum atomic E-state index is -0.537. The maximum Gasteiger partial charge on any atom is 0.258 e. The van der Waals surface area contributed by atoms with Crippen LogP contribution in [0.1, 0.15) is 37.6 Å². The lowest BCUT2D eigenvalue weighted by molar-refractivity contribution is -0.141. The summed E-state index contributed by atoms with van der Waals surface area (Å²) in [5, 5.41) is 2.88. The van der Waals surface area contributed by atoms with Crippen molar-refractivity contribution in [1.29, 1.82) is 0 Å². The van der Waals surface area contributed by atoms with Crippen LogP contribution in [0.2, 0.25) is 0 Å². The number of carbonyl (C=O) groups is 3. The topological polar surface area (TPSA) is 79.0 Å². The fourth-order valence-corrected chi connectivity index (χ4v) is 3.85. The van der Waals surface area contributed by atoms with Gasteiger partial charge >= 0.3 is 0 Å². The second-order valence-electron chi connectivity index (χ2n) is 6.84. The average molecular weight is 359 g/mol. The number of para-hydroxylation sites is 1. The van der Waals surface area contributed by atoms with Gasteiger partial charge in [0.2, 0.25) is 11.8 Å². The van der Waals surface area contributed by atoms with E-state index in [2.05, 4.69) is 5.32 Å². The Hall–Kier alpha value is -2.57. The molecule has 1 aromatic rings. The normalized spacial score (nSPS) is 25.0. The van der Waals surface area contributed by atoms with Crippen LogP contribution in [0.3, 0.4) is 0 Å². The lowest BCUT2D eigenvalue weighted by Crippen LogP contribution is -2.60. The smallest absolute Gasteiger partial charge is 0.258 e. The maximum atomic E-state index is 13.1. The van der Waals surface area contributed by atoms with E-state index in [1.807, 2.05) is 13.0 Å². The molecule has 0 aromatic heterocycles. The van der Waals surface area contributed by atoms with Crippen LogP contribution in [0.5, 0.6) is 5.75 Å². The van der Waals surface area contributed by atoms with Crippen LogP contribution >= 0.6 is 0 Å². The van der Waals surface area contributed by atoms with Gasteiger partial charge in [-0.2, -0.15) is 0 Å². The number of fused-ring (bicyclic) bond motifs is 1. The van der Waals surface area contributed by atoms with E-state index in [0.717, 1.165) is 0 Å². The zero-order chi connectivity index (χ0) is 18.8. The predicted molar refractivity (Wildman–Crippen MR) is 95.8 cm³/mol. The molecule has 0 radical (unpaired) electrons. The second-order valence-corrected chi connectivity index (χ2v) is 6.84. The maximum absolute atomic E-state index is 13.1. The minimum absolute atomic E-state index is 0.0561.